The molecule has 2 aromatic heterocycles. The molecule has 0 amide bonds. The molecule has 1 aliphatic rings. The van der Waals surface area contributed by atoms with Gasteiger partial charge in [0, 0.05) is 30.1 Å². The number of ether oxygens (including phenoxy) is 2. The van der Waals surface area contributed by atoms with Gasteiger partial charge in [0.1, 0.15) is 16.5 Å². The van der Waals surface area contributed by atoms with Gasteiger partial charge < -0.3 is 14.4 Å². The smallest absolute Gasteiger partial charge is 0.208 e. The number of aromatic nitrogens is 2. The van der Waals surface area contributed by atoms with Crippen LogP contribution in [0.25, 0.3) is 21.3 Å². The quantitative estimate of drug-likeness (QED) is 0.557. The van der Waals surface area contributed by atoms with E-state index >= 15 is 0 Å². The zero-order chi connectivity index (χ0) is 22.9. The monoisotopic (exact) mass is 476 g/mol. The Hall–Kier alpha value is -2.43. The van der Waals surface area contributed by atoms with E-state index in [0.29, 0.717) is 23.9 Å². The number of benzene rings is 1. The van der Waals surface area contributed by atoms with Crippen molar-refractivity contribution in [2.24, 2.45) is 0 Å². The summed E-state index contributed by atoms with van der Waals surface area (Å²) in [5, 5.41) is 3.08. The van der Waals surface area contributed by atoms with Gasteiger partial charge in [-0.15, -0.1) is 11.3 Å². The summed E-state index contributed by atoms with van der Waals surface area (Å²) in [6.07, 6.45) is 4.20. The van der Waals surface area contributed by atoms with Crippen LogP contribution in [0.5, 0.6) is 11.5 Å². The fourth-order valence-electron chi connectivity index (χ4n) is 4.19. The Morgan fingerprint density at radius 1 is 1.19 bits per heavy atom. The van der Waals surface area contributed by atoms with Crippen molar-refractivity contribution in [1.82, 2.24) is 14.7 Å². The lowest BCUT2D eigenvalue weighted by Crippen LogP contribution is -2.47. The summed E-state index contributed by atoms with van der Waals surface area (Å²) >= 11 is 1.58. The zero-order valence-corrected chi connectivity index (χ0v) is 20.3. The van der Waals surface area contributed by atoms with Crippen molar-refractivity contribution >= 4 is 37.4 Å². The van der Waals surface area contributed by atoms with Gasteiger partial charge >= 0.3 is 0 Å². The Bertz CT molecular complexity index is 1230. The lowest BCUT2D eigenvalue weighted by molar-refractivity contribution is 0.355. The second-order valence-electron chi connectivity index (χ2n) is 7.96. The summed E-state index contributed by atoms with van der Waals surface area (Å²) in [6.45, 7) is 3.08. The lowest BCUT2D eigenvalue weighted by atomic mass is 10.0. The summed E-state index contributed by atoms with van der Waals surface area (Å²) < 4.78 is 37.0. The maximum atomic E-state index is 11.7. The van der Waals surface area contributed by atoms with Crippen molar-refractivity contribution in [3.8, 4) is 22.6 Å². The molecule has 1 fully saturated rings. The highest BCUT2D eigenvalue weighted by molar-refractivity contribution is 7.88. The lowest BCUT2D eigenvalue weighted by Gasteiger charge is -2.37. The molecule has 3 heterocycles. The Kier molecular flexibility index (Phi) is 6.55. The van der Waals surface area contributed by atoms with Crippen LogP contribution in [0.2, 0.25) is 0 Å². The second kappa shape index (κ2) is 9.21. The molecule has 1 saturated heterocycles. The van der Waals surface area contributed by atoms with Crippen molar-refractivity contribution < 1.29 is 17.9 Å². The number of hydrogen-bond acceptors (Lipinski definition) is 8. The first-order chi connectivity index (χ1) is 15.3. The predicted molar refractivity (Wildman–Crippen MR) is 129 cm³/mol. The summed E-state index contributed by atoms with van der Waals surface area (Å²) in [4.78, 5) is 12.7. The van der Waals surface area contributed by atoms with Gasteiger partial charge in [-0.3, -0.25) is 0 Å². The topological polar surface area (TPSA) is 93.7 Å². The molecule has 4 rings (SSSR count). The summed E-state index contributed by atoms with van der Waals surface area (Å²) in [5.41, 5.74) is 2.02. The third-order valence-electron chi connectivity index (χ3n) is 5.70. The number of nitrogens with zero attached hydrogens (tertiary/aromatic N) is 3. The Labute approximate surface area is 192 Å². The standard InChI is InChI=1S/C22H28N4O4S2/c1-14-24-21(26-10-6-5-7-16(26)12-23-32(4,27)28)20-17(13-31-22(20)25-14)15-8-9-18(29-2)19(11-15)30-3/h8-9,11,13,16,23H,5-7,10,12H2,1-4H3/t16-/m1/s1. The van der Waals surface area contributed by atoms with Crippen LogP contribution in [0.1, 0.15) is 25.1 Å². The van der Waals surface area contributed by atoms with Gasteiger partial charge in [0.25, 0.3) is 0 Å². The number of rotatable bonds is 7. The number of nitrogens with one attached hydrogen (secondary N) is 1. The molecule has 1 aliphatic heterocycles. The minimum absolute atomic E-state index is 0.0362. The van der Waals surface area contributed by atoms with Crippen LogP contribution >= 0.6 is 11.3 Å². The van der Waals surface area contributed by atoms with Gasteiger partial charge in [-0.05, 0) is 43.9 Å². The number of methoxy groups -OCH3 is 2. The fraction of sp³-hybridized carbons (Fsp3) is 0.455. The van der Waals surface area contributed by atoms with Crippen molar-refractivity contribution in [3.63, 3.8) is 0 Å². The average Bonchev–Trinajstić information content (AvgIpc) is 3.20. The fourth-order valence-corrected chi connectivity index (χ4v) is 5.67. The van der Waals surface area contributed by atoms with Gasteiger partial charge in [0.2, 0.25) is 10.0 Å². The molecule has 3 aromatic rings. The van der Waals surface area contributed by atoms with E-state index in [0.717, 1.165) is 53.0 Å². The van der Waals surface area contributed by atoms with Crippen LogP contribution in [0.4, 0.5) is 5.82 Å². The molecule has 8 nitrogen and oxygen atoms in total. The van der Waals surface area contributed by atoms with Gasteiger partial charge in [0.05, 0.1) is 25.9 Å². The molecule has 0 aliphatic carbocycles. The molecule has 32 heavy (non-hydrogen) atoms. The van der Waals surface area contributed by atoms with Crippen LogP contribution in [-0.4, -0.2) is 58.0 Å². The molecule has 0 saturated carbocycles. The first kappa shape index (κ1) is 22.8. The average molecular weight is 477 g/mol. The Balaban J connectivity index is 1.82. The van der Waals surface area contributed by atoms with E-state index in [-0.39, 0.29) is 6.04 Å². The van der Waals surface area contributed by atoms with E-state index in [2.05, 4.69) is 20.0 Å². The number of hydrogen-bond donors (Lipinski definition) is 1. The van der Waals surface area contributed by atoms with Crippen LogP contribution in [0.15, 0.2) is 23.6 Å². The minimum atomic E-state index is -3.27. The first-order valence-corrected chi connectivity index (χ1v) is 13.3. The number of thiophene rings is 1. The summed E-state index contributed by atoms with van der Waals surface area (Å²) in [7, 11) is -0.0258. The van der Waals surface area contributed by atoms with E-state index in [1.165, 1.54) is 6.26 Å². The maximum Gasteiger partial charge on any atom is 0.208 e. The third-order valence-corrected chi connectivity index (χ3v) is 7.26. The second-order valence-corrected chi connectivity index (χ2v) is 10.6. The molecule has 0 spiro atoms. The SMILES string of the molecule is COc1ccc(-c2csc3nc(C)nc(N4CCCC[C@@H]4CNS(C)(=O)=O)c23)cc1OC. The van der Waals surface area contributed by atoms with E-state index in [1.54, 1.807) is 25.6 Å². The highest BCUT2D eigenvalue weighted by Gasteiger charge is 2.28. The molecule has 1 N–H and O–H groups in total. The highest BCUT2D eigenvalue weighted by Crippen LogP contribution is 2.42. The normalized spacial score (nSPS) is 17.0. The first-order valence-electron chi connectivity index (χ1n) is 10.5. The van der Waals surface area contributed by atoms with Gasteiger partial charge in [-0.2, -0.15) is 0 Å². The largest absolute Gasteiger partial charge is 0.493 e. The van der Waals surface area contributed by atoms with Gasteiger partial charge in [-0.25, -0.2) is 23.1 Å². The Morgan fingerprint density at radius 3 is 2.69 bits per heavy atom. The molecule has 10 heteroatoms. The van der Waals surface area contributed by atoms with E-state index < -0.39 is 10.0 Å². The number of piperidine rings is 1. The van der Waals surface area contributed by atoms with Crippen molar-refractivity contribution in [3.05, 3.63) is 29.4 Å². The number of aryl methyl sites for hydroxylation is 1. The van der Waals surface area contributed by atoms with E-state index in [4.69, 9.17) is 14.5 Å². The van der Waals surface area contributed by atoms with Crippen LogP contribution in [0.3, 0.4) is 0 Å². The minimum Gasteiger partial charge on any atom is -0.493 e. The van der Waals surface area contributed by atoms with Crippen molar-refractivity contribution in [2.45, 2.75) is 32.2 Å². The van der Waals surface area contributed by atoms with Gasteiger partial charge in [-0.1, -0.05) is 6.07 Å². The molecule has 172 valence electrons. The molecule has 0 radical (unpaired) electrons. The number of fused-ring (bicyclic) bond motifs is 1. The van der Waals surface area contributed by atoms with Crippen molar-refractivity contribution in [2.75, 3.05) is 38.5 Å². The number of sulfonamides is 1. The molecule has 0 bridgehead atoms. The third kappa shape index (κ3) is 4.67. The van der Waals surface area contributed by atoms with E-state index in [1.807, 2.05) is 25.1 Å². The van der Waals surface area contributed by atoms with Crippen molar-refractivity contribution in [1.29, 1.82) is 0 Å². The maximum absolute atomic E-state index is 11.7. The predicted octanol–water partition coefficient (Wildman–Crippen LogP) is 3.59. The van der Waals surface area contributed by atoms with Crippen LogP contribution in [0, 0.1) is 6.92 Å². The summed E-state index contributed by atoms with van der Waals surface area (Å²) in [5.74, 6) is 2.89. The summed E-state index contributed by atoms with van der Waals surface area (Å²) in [6, 6.07) is 5.90. The number of anilines is 1. The Morgan fingerprint density at radius 2 is 1.97 bits per heavy atom. The zero-order valence-electron chi connectivity index (χ0n) is 18.7. The van der Waals surface area contributed by atoms with Crippen LogP contribution < -0.4 is 19.1 Å². The van der Waals surface area contributed by atoms with Crippen LogP contribution in [-0.2, 0) is 10.0 Å². The van der Waals surface area contributed by atoms with Gasteiger partial charge in [0.15, 0.2) is 11.5 Å². The molecular formula is C22H28N4O4S2. The molecule has 0 unspecified atom stereocenters. The molecular weight excluding hydrogens is 448 g/mol. The molecule has 1 aromatic carbocycles. The van der Waals surface area contributed by atoms with E-state index in [9.17, 15) is 8.42 Å². The highest BCUT2D eigenvalue weighted by atomic mass is 32.2. The molecule has 1 atom stereocenters.